The molecular formula is C26H26ClN5O3. The summed E-state index contributed by atoms with van der Waals surface area (Å²) >= 11 is 6.36. The van der Waals surface area contributed by atoms with Crippen LogP contribution in [0.2, 0.25) is 5.02 Å². The van der Waals surface area contributed by atoms with E-state index >= 15 is 0 Å². The van der Waals surface area contributed by atoms with E-state index in [2.05, 4.69) is 26.8 Å². The second-order valence-electron chi connectivity index (χ2n) is 9.23. The molecule has 5 heterocycles. The molecule has 2 aliphatic rings. The minimum absolute atomic E-state index is 0.0968. The number of benzene rings is 1. The fourth-order valence-electron chi connectivity index (χ4n) is 5.26. The number of nitrogens with zero attached hydrogens (tertiary/aromatic N) is 4. The summed E-state index contributed by atoms with van der Waals surface area (Å²) in [7, 11) is 0. The number of imidazole rings is 1. The monoisotopic (exact) mass is 491 g/mol. The number of hydrogen-bond donors (Lipinski definition) is 1. The number of hydrogen-bond acceptors (Lipinski definition) is 6. The Morgan fingerprint density at radius 2 is 2.11 bits per heavy atom. The van der Waals surface area contributed by atoms with Gasteiger partial charge in [-0.3, -0.25) is 14.8 Å². The average molecular weight is 492 g/mol. The van der Waals surface area contributed by atoms with Crippen LogP contribution in [0.3, 0.4) is 0 Å². The summed E-state index contributed by atoms with van der Waals surface area (Å²) in [6.07, 6.45) is 6.17. The van der Waals surface area contributed by atoms with Gasteiger partial charge >= 0.3 is 0 Å². The minimum Gasteiger partial charge on any atom is -0.491 e. The van der Waals surface area contributed by atoms with E-state index in [0.717, 1.165) is 52.0 Å². The van der Waals surface area contributed by atoms with Gasteiger partial charge in [0, 0.05) is 35.7 Å². The molecule has 1 fully saturated rings. The summed E-state index contributed by atoms with van der Waals surface area (Å²) in [6.45, 7) is 3.30. The fraction of sp³-hybridized carbons (Fsp3) is 0.385. The van der Waals surface area contributed by atoms with Crippen molar-refractivity contribution in [3.8, 4) is 5.75 Å². The molecule has 1 amide bonds. The summed E-state index contributed by atoms with van der Waals surface area (Å²) in [4.78, 5) is 27.2. The first-order valence-electron chi connectivity index (χ1n) is 12.0. The van der Waals surface area contributed by atoms with Crippen LogP contribution in [0.5, 0.6) is 5.75 Å². The van der Waals surface area contributed by atoms with Gasteiger partial charge in [-0.1, -0.05) is 11.6 Å². The van der Waals surface area contributed by atoms with Crippen LogP contribution in [0.1, 0.15) is 49.8 Å². The molecule has 9 heteroatoms. The second-order valence-corrected chi connectivity index (χ2v) is 9.67. The van der Waals surface area contributed by atoms with E-state index in [0.29, 0.717) is 24.7 Å². The van der Waals surface area contributed by atoms with E-state index in [9.17, 15) is 4.79 Å². The maximum absolute atomic E-state index is 13.3. The smallest absolute Gasteiger partial charge is 0.228 e. The molecule has 0 aliphatic carbocycles. The number of halogens is 1. The Hall–Kier alpha value is -3.23. The zero-order chi connectivity index (χ0) is 23.9. The van der Waals surface area contributed by atoms with Gasteiger partial charge in [-0.2, -0.15) is 0 Å². The highest BCUT2D eigenvalue weighted by Gasteiger charge is 2.29. The Balaban J connectivity index is 1.38. The molecule has 0 radical (unpaired) electrons. The van der Waals surface area contributed by atoms with Crippen molar-refractivity contribution in [1.82, 2.24) is 24.8 Å². The third-order valence-electron chi connectivity index (χ3n) is 6.82. The number of ether oxygens (including phenoxy) is 2. The minimum atomic E-state index is -0.185. The van der Waals surface area contributed by atoms with Crippen molar-refractivity contribution in [3.05, 3.63) is 59.3 Å². The topological polar surface area (TPSA) is 91.2 Å². The first kappa shape index (κ1) is 22.2. The zero-order valence-corrected chi connectivity index (χ0v) is 20.2. The van der Waals surface area contributed by atoms with Crippen LogP contribution in [0.25, 0.3) is 21.9 Å². The molecule has 0 saturated carbocycles. The molecule has 0 spiro atoms. The largest absolute Gasteiger partial charge is 0.491 e. The molecule has 1 saturated heterocycles. The molecule has 8 nitrogen and oxygen atoms in total. The van der Waals surface area contributed by atoms with Crippen LogP contribution in [0, 0.1) is 0 Å². The molecule has 35 heavy (non-hydrogen) atoms. The Bertz CT molecular complexity index is 1420. The number of amides is 1. The van der Waals surface area contributed by atoms with Gasteiger partial charge in [0.15, 0.2) is 0 Å². The van der Waals surface area contributed by atoms with Crippen LogP contribution in [-0.2, 0) is 16.0 Å². The Kier molecular flexibility index (Phi) is 5.78. The lowest BCUT2D eigenvalue weighted by Gasteiger charge is -2.30. The lowest BCUT2D eigenvalue weighted by molar-refractivity contribution is -0.121. The van der Waals surface area contributed by atoms with Gasteiger partial charge < -0.3 is 19.4 Å². The lowest BCUT2D eigenvalue weighted by Crippen LogP contribution is -2.34. The highest BCUT2D eigenvalue weighted by atomic mass is 35.5. The van der Waals surface area contributed by atoms with Crippen molar-refractivity contribution in [3.63, 3.8) is 0 Å². The molecule has 3 aromatic heterocycles. The van der Waals surface area contributed by atoms with Gasteiger partial charge in [-0.05, 0) is 50.1 Å². The van der Waals surface area contributed by atoms with Crippen LogP contribution in [0.4, 0.5) is 0 Å². The lowest BCUT2D eigenvalue weighted by atomic mass is 10.0. The van der Waals surface area contributed by atoms with Crippen molar-refractivity contribution in [2.24, 2.45) is 0 Å². The van der Waals surface area contributed by atoms with Gasteiger partial charge in [0.1, 0.15) is 22.8 Å². The number of carbonyl (C=O) groups is 1. The Morgan fingerprint density at radius 1 is 1.20 bits per heavy atom. The van der Waals surface area contributed by atoms with Crippen LogP contribution < -0.4 is 10.1 Å². The molecule has 2 aliphatic heterocycles. The number of aromatic nitrogens is 4. The average Bonchev–Trinajstić information content (AvgIpc) is 3.22. The standard InChI is InChI=1S/C26H26ClN5O3/c1-15-11-17(6-9-34-15)32-23(30-21-14-29-19-5-4-16(27)12-18(19)26(21)32)13-24(33)31-20-7-10-35-22-3-2-8-28-25(20)22/h2-5,8,12,14-15,17,20H,6-7,9-11,13H2,1H3,(H,31,33)/t15-,17-,20?/m1/s1. The third-order valence-corrected chi connectivity index (χ3v) is 7.06. The SMILES string of the molecule is C[C@@H]1C[C@H](n2c(CC(=O)NC3CCOc4cccnc43)nc3cnc4ccc(Cl)cc4c32)CCO1. The number of rotatable bonds is 4. The van der Waals surface area contributed by atoms with Gasteiger partial charge in [-0.25, -0.2) is 4.98 Å². The van der Waals surface area contributed by atoms with Crippen molar-refractivity contribution in [2.45, 2.75) is 50.8 Å². The molecule has 180 valence electrons. The van der Waals surface area contributed by atoms with E-state index in [1.165, 1.54) is 0 Å². The van der Waals surface area contributed by atoms with Gasteiger partial charge in [0.05, 0.1) is 42.4 Å². The fourth-order valence-corrected chi connectivity index (χ4v) is 5.44. The van der Waals surface area contributed by atoms with Crippen molar-refractivity contribution >= 4 is 39.4 Å². The van der Waals surface area contributed by atoms with Crippen LogP contribution >= 0.6 is 11.6 Å². The predicted octanol–water partition coefficient (Wildman–Crippen LogP) is 4.56. The number of carbonyl (C=O) groups excluding carboxylic acids is 1. The molecule has 3 atom stereocenters. The molecule has 1 unspecified atom stereocenters. The van der Waals surface area contributed by atoms with Crippen molar-refractivity contribution in [2.75, 3.05) is 13.2 Å². The van der Waals surface area contributed by atoms with Gasteiger partial charge in [-0.15, -0.1) is 0 Å². The Labute approximate surface area is 207 Å². The highest BCUT2D eigenvalue weighted by Crippen LogP contribution is 2.35. The summed E-state index contributed by atoms with van der Waals surface area (Å²) in [5.74, 6) is 1.35. The first-order chi connectivity index (χ1) is 17.1. The summed E-state index contributed by atoms with van der Waals surface area (Å²) in [5, 5.41) is 4.74. The zero-order valence-electron chi connectivity index (χ0n) is 19.4. The molecule has 1 N–H and O–H groups in total. The second kappa shape index (κ2) is 9.09. The first-order valence-corrected chi connectivity index (χ1v) is 12.4. The van der Waals surface area contributed by atoms with Crippen molar-refractivity contribution < 1.29 is 14.3 Å². The quantitative estimate of drug-likeness (QED) is 0.450. The van der Waals surface area contributed by atoms with E-state index in [1.807, 2.05) is 30.3 Å². The molecular weight excluding hydrogens is 466 g/mol. The molecule has 6 rings (SSSR count). The molecule has 1 aromatic carbocycles. The maximum Gasteiger partial charge on any atom is 0.228 e. The van der Waals surface area contributed by atoms with E-state index in [-0.39, 0.29) is 30.5 Å². The molecule has 4 aromatic rings. The Morgan fingerprint density at radius 3 is 3.00 bits per heavy atom. The van der Waals surface area contributed by atoms with Gasteiger partial charge in [0.2, 0.25) is 5.91 Å². The van der Waals surface area contributed by atoms with Crippen molar-refractivity contribution in [1.29, 1.82) is 0 Å². The predicted molar refractivity (Wildman–Crippen MR) is 133 cm³/mol. The normalized spacial score (nSPS) is 22.1. The van der Waals surface area contributed by atoms with E-state index in [1.54, 1.807) is 12.4 Å². The third kappa shape index (κ3) is 4.21. The van der Waals surface area contributed by atoms with Gasteiger partial charge in [0.25, 0.3) is 0 Å². The van der Waals surface area contributed by atoms with E-state index in [4.69, 9.17) is 26.1 Å². The summed E-state index contributed by atoms with van der Waals surface area (Å²) in [6, 6.07) is 9.40. The number of nitrogens with one attached hydrogen (secondary N) is 1. The van der Waals surface area contributed by atoms with E-state index < -0.39 is 0 Å². The summed E-state index contributed by atoms with van der Waals surface area (Å²) < 4.78 is 13.7. The number of fused-ring (bicyclic) bond motifs is 4. The van der Waals surface area contributed by atoms with Crippen LogP contribution in [0.15, 0.2) is 42.7 Å². The van der Waals surface area contributed by atoms with Crippen LogP contribution in [-0.4, -0.2) is 44.7 Å². The summed E-state index contributed by atoms with van der Waals surface area (Å²) in [5.41, 5.74) is 3.35. The maximum atomic E-state index is 13.3. The molecule has 0 bridgehead atoms. The number of pyridine rings is 2. The highest BCUT2D eigenvalue weighted by molar-refractivity contribution is 6.31.